The van der Waals surface area contributed by atoms with Gasteiger partial charge in [0.05, 0.1) is 13.1 Å². The van der Waals surface area contributed by atoms with E-state index in [1.807, 2.05) is 0 Å². The standard InChI is InChI=1S/C46H91N2/c1-4-7-10-13-16-18-20-22-24-25-27-29-31-34-37-40-43-48-45-44-47(46(48)41-38-35-32-15-12-9-6-3)42-39-36-33-30-28-26-23-21-19-17-14-11-8-5-2/h44-45H,4-43H2,1-3H3/q+1. The van der Waals surface area contributed by atoms with E-state index in [4.69, 9.17) is 0 Å². The van der Waals surface area contributed by atoms with E-state index in [0.29, 0.717) is 0 Å². The van der Waals surface area contributed by atoms with Gasteiger partial charge in [0.1, 0.15) is 12.4 Å². The lowest BCUT2D eigenvalue weighted by atomic mass is 10.0. The molecule has 1 aromatic rings. The maximum atomic E-state index is 2.64. The van der Waals surface area contributed by atoms with Crippen LogP contribution < -0.4 is 4.57 Å². The van der Waals surface area contributed by atoms with Gasteiger partial charge in [-0.05, 0) is 32.1 Å². The van der Waals surface area contributed by atoms with E-state index in [2.05, 4.69) is 42.3 Å². The van der Waals surface area contributed by atoms with Gasteiger partial charge in [-0.15, -0.1) is 0 Å². The Labute approximate surface area is 304 Å². The lowest BCUT2D eigenvalue weighted by molar-refractivity contribution is -0.704. The van der Waals surface area contributed by atoms with Crippen molar-refractivity contribution in [1.82, 2.24) is 4.57 Å². The first kappa shape index (κ1) is 45.2. The summed E-state index contributed by atoms with van der Waals surface area (Å²) >= 11 is 0. The van der Waals surface area contributed by atoms with Crippen LogP contribution >= 0.6 is 0 Å². The third-order valence-corrected chi connectivity index (χ3v) is 11.1. The molecule has 0 atom stereocenters. The van der Waals surface area contributed by atoms with Crippen molar-refractivity contribution in [2.24, 2.45) is 0 Å². The van der Waals surface area contributed by atoms with Crippen molar-refractivity contribution in [2.75, 3.05) is 0 Å². The number of nitrogens with zero attached hydrogens (tertiary/aromatic N) is 2. The molecule has 0 fully saturated rings. The molecule has 0 saturated carbocycles. The molecule has 0 amide bonds. The Morgan fingerprint density at radius 1 is 0.354 bits per heavy atom. The molecule has 2 nitrogen and oxygen atoms in total. The van der Waals surface area contributed by atoms with Gasteiger partial charge in [-0.1, -0.05) is 226 Å². The van der Waals surface area contributed by atoms with Crippen molar-refractivity contribution >= 4 is 0 Å². The molecule has 1 aromatic heterocycles. The van der Waals surface area contributed by atoms with Gasteiger partial charge in [-0.25, -0.2) is 9.13 Å². The Kier molecular flexibility index (Phi) is 35.3. The van der Waals surface area contributed by atoms with Gasteiger partial charge in [0.15, 0.2) is 0 Å². The van der Waals surface area contributed by atoms with Gasteiger partial charge in [0.2, 0.25) is 0 Å². The summed E-state index contributed by atoms with van der Waals surface area (Å²) in [5.41, 5.74) is 0. The number of rotatable bonds is 40. The van der Waals surface area contributed by atoms with Crippen LogP contribution in [0.3, 0.4) is 0 Å². The van der Waals surface area contributed by atoms with Crippen molar-refractivity contribution in [2.45, 2.75) is 278 Å². The normalized spacial score (nSPS) is 11.6. The fraction of sp³-hybridized carbons (Fsp3) is 0.935. The second kappa shape index (κ2) is 37.5. The van der Waals surface area contributed by atoms with Crippen molar-refractivity contribution in [1.29, 1.82) is 0 Å². The van der Waals surface area contributed by atoms with Gasteiger partial charge >= 0.3 is 0 Å². The quantitative estimate of drug-likeness (QED) is 0.0485. The maximum absolute atomic E-state index is 2.64. The second-order valence-electron chi connectivity index (χ2n) is 15.9. The Hall–Kier alpha value is -0.790. The lowest BCUT2D eigenvalue weighted by Gasteiger charge is -2.07. The molecule has 0 spiro atoms. The fourth-order valence-corrected chi connectivity index (χ4v) is 7.74. The summed E-state index contributed by atoms with van der Waals surface area (Å²) in [6.07, 6.45) is 59.3. The maximum Gasteiger partial charge on any atom is 0.256 e. The first-order valence-electron chi connectivity index (χ1n) is 22.9. The summed E-state index contributed by atoms with van der Waals surface area (Å²) in [4.78, 5) is 0. The number of hydrogen-bond donors (Lipinski definition) is 0. The van der Waals surface area contributed by atoms with E-state index in [1.54, 1.807) is 5.82 Å². The molecule has 0 bridgehead atoms. The molecule has 0 aliphatic carbocycles. The van der Waals surface area contributed by atoms with Gasteiger partial charge < -0.3 is 0 Å². The fourth-order valence-electron chi connectivity index (χ4n) is 7.74. The number of hydrogen-bond acceptors (Lipinski definition) is 0. The second-order valence-corrected chi connectivity index (χ2v) is 15.9. The Bertz CT molecular complexity index is 736. The molecule has 284 valence electrons. The van der Waals surface area contributed by atoms with E-state index in [-0.39, 0.29) is 0 Å². The summed E-state index contributed by atoms with van der Waals surface area (Å²) in [6.45, 7) is 9.41. The van der Waals surface area contributed by atoms with Gasteiger partial charge in [-0.2, -0.15) is 0 Å². The highest BCUT2D eigenvalue weighted by molar-refractivity contribution is 4.84. The van der Waals surface area contributed by atoms with Crippen LogP contribution in [-0.4, -0.2) is 4.57 Å². The smallest absolute Gasteiger partial charge is 0.234 e. The van der Waals surface area contributed by atoms with E-state index < -0.39 is 0 Å². The van der Waals surface area contributed by atoms with E-state index in [1.165, 1.54) is 257 Å². The monoisotopic (exact) mass is 672 g/mol. The van der Waals surface area contributed by atoms with Gasteiger partial charge in [0.25, 0.3) is 5.82 Å². The minimum Gasteiger partial charge on any atom is -0.234 e. The average molecular weight is 672 g/mol. The highest BCUT2D eigenvalue weighted by Crippen LogP contribution is 2.16. The average Bonchev–Trinajstić information content (AvgIpc) is 3.48. The largest absolute Gasteiger partial charge is 0.256 e. The molecule has 48 heavy (non-hydrogen) atoms. The predicted molar refractivity (Wildman–Crippen MR) is 216 cm³/mol. The minimum atomic E-state index is 1.23. The van der Waals surface area contributed by atoms with Gasteiger partial charge in [0, 0.05) is 6.42 Å². The first-order chi connectivity index (χ1) is 23.8. The Morgan fingerprint density at radius 2 is 0.646 bits per heavy atom. The van der Waals surface area contributed by atoms with Crippen molar-refractivity contribution < 1.29 is 4.57 Å². The van der Waals surface area contributed by atoms with E-state index >= 15 is 0 Å². The Balaban J connectivity index is 2.19. The van der Waals surface area contributed by atoms with Crippen LogP contribution in [0.4, 0.5) is 0 Å². The Morgan fingerprint density at radius 3 is 1.00 bits per heavy atom. The predicted octanol–water partition coefficient (Wildman–Crippen LogP) is 15.8. The van der Waals surface area contributed by atoms with Gasteiger partial charge in [-0.3, -0.25) is 0 Å². The highest BCUT2D eigenvalue weighted by Gasteiger charge is 2.16. The molecule has 0 N–H and O–H groups in total. The molecule has 2 heteroatoms. The summed E-state index contributed by atoms with van der Waals surface area (Å²) < 4.78 is 5.29. The summed E-state index contributed by atoms with van der Waals surface area (Å²) in [6, 6.07) is 0. The zero-order valence-electron chi connectivity index (χ0n) is 33.8. The van der Waals surface area contributed by atoms with Crippen molar-refractivity contribution in [3.63, 3.8) is 0 Å². The molecule has 0 aliphatic rings. The van der Waals surface area contributed by atoms with Crippen molar-refractivity contribution in [3.8, 4) is 0 Å². The number of imidazole rings is 1. The third kappa shape index (κ3) is 29.0. The zero-order valence-corrected chi connectivity index (χ0v) is 33.8. The van der Waals surface area contributed by atoms with Crippen molar-refractivity contribution in [3.05, 3.63) is 18.2 Å². The zero-order chi connectivity index (χ0) is 34.4. The number of aromatic nitrogens is 2. The molecule has 0 unspecified atom stereocenters. The summed E-state index contributed by atoms with van der Waals surface area (Å²) in [5, 5.41) is 0. The topological polar surface area (TPSA) is 8.81 Å². The minimum absolute atomic E-state index is 1.23. The van der Waals surface area contributed by atoms with Crippen LogP contribution in [0.2, 0.25) is 0 Å². The van der Waals surface area contributed by atoms with E-state index in [9.17, 15) is 0 Å². The molecule has 1 heterocycles. The van der Waals surface area contributed by atoms with Crippen LogP contribution in [0.25, 0.3) is 0 Å². The highest BCUT2D eigenvalue weighted by atomic mass is 15.1. The van der Waals surface area contributed by atoms with E-state index in [0.717, 1.165) is 0 Å². The molecule has 0 radical (unpaired) electrons. The molecule has 0 saturated heterocycles. The molecular formula is C46H91N2+. The molecule has 0 aliphatic heterocycles. The summed E-state index contributed by atoms with van der Waals surface area (Å²) in [7, 11) is 0. The summed E-state index contributed by atoms with van der Waals surface area (Å²) in [5.74, 6) is 1.62. The molecule has 0 aromatic carbocycles. The van der Waals surface area contributed by atoms with Crippen LogP contribution in [0, 0.1) is 0 Å². The number of unbranched alkanes of at least 4 members (excludes halogenated alkanes) is 34. The molecular weight excluding hydrogens is 581 g/mol. The van der Waals surface area contributed by atoms with Crippen LogP contribution in [0.1, 0.15) is 264 Å². The first-order valence-corrected chi connectivity index (χ1v) is 22.9. The van der Waals surface area contributed by atoms with Crippen LogP contribution in [-0.2, 0) is 19.5 Å². The lowest BCUT2D eigenvalue weighted by Crippen LogP contribution is -2.37. The number of aryl methyl sites for hydroxylation is 2. The van der Waals surface area contributed by atoms with Crippen LogP contribution in [0.5, 0.6) is 0 Å². The molecule has 1 rings (SSSR count). The SMILES string of the molecule is CCCCCCCCCCCCCCCCCC[n+]1ccn(CCCCCCCCCCCCCCCC)c1CCCCCCCCC. The third-order valence-electron chi connectivity index (χ3n) is 11.1. The van der Waals surface area contributed by atoms with Crippen LogP contribution in [0.15, 0.2) is 12.4 Å².